The van der Waals surface area contributed by atoms with E-state index in [1.807, 2.05) is 43.3 Å². The number of hydrogen-bond donors (Lipinski definition) is 0. The maximum atomic E-state index is 13.4. The number of benzene rings is 2. The van der Waals surface area contributed by atoms with E-state index in [0.717, 1.165) is 34.2 Å². The molecule has 0 aliphatic heterocycles. The Bertz CT molecular complexity index is 972. The van der Waals surface area contributed by atoms with Crippen LogP contribution in [0.1, 0.15) is 63.8 Å². The smallest absolute Gasteiger partial charge is 0.192 e. The van der Waals surface area contributed by atoms with Crippen LogP contribution in [-0.4, -0.2) is 20.5 Å². The lowest BCUT2D eigenvalue weighted by molar-refractivity contribution is 0.0989. The number of aromatic nitrogens is 3. The van der Waals surface area contributed by atoms with E-state index < -0.39 is 0 Å². The van der Waals surface area contributed by atoms with Crippen molar-refractivity contribution >= 4 is 17.5 Å². The molecule has 0 radical (unpaired) electrons. The van der Waals surface area contributed by atoms with Gasteiger partial charge in [-0.2, -0.15) is 0 Å². The van der Waals surface area contributed by atoms with Gasteiger partial charge in [-0.15, -0.1) is 10.2 Å². The Morgan fingerprint density at radius 2 is 1.64 bits per heavy atom. The van der Waals surface area contributed by atoms with Crippen molar-refractivity contribution < 1.29 is 4.79 Å². The first-order valence-corrected chi connectivity index (χ1v) is 10.7. The van der Waals surface area contributed by atoms with Crippen LogP contribution >= 0.6 is 11.8 Å². The van der Waals surface area contributed by atoms with Crippen LogP contribution in [0.3, 0.4) is 0 Å². The Hall–Kier alpha value is -2.40. The van der Waals surface area contributed by atoms with Crippen molar-refractivity contribution in [1.82, 2.24) is 14.8 Å². The van der Waals surface area contributed by atoms with Gasteiger partial charge in [-0.05, 0) is 39.2 Å². The van der Waals surface area contributed by atoms with Gasteiger partial charge in [0, 0.05) is 18.0 Å². The number of carbonyl (C=O) groups is 1. The highest BCUT2D eigenvalue weighted by atomic mass is 32.2. The van der Waals surface area contributed by atoms with E-state index in [1.54, 1.807) is 0 Å². The molecule has 2 aromatic carbocycles. The van der Waals surface area contributed by atoms with Crippen LogP contribution < -0.4 is 0 Å². The fraction of sp³-hybridized carbons (Fsp3) is 0.348. The van der Waals surface area contributed by atoms with Gasteiger partial charge >= 0.3 is 0 Å². The summed E-state index contributed by atoms with van der Waals surface area (Å²) in [5, 5.41) is 9.37. The summed E-state index contributed by atoms with van der Waals surface area (Å²) >= 11 is 1.51. The highest BCUT2D eigenvalue weighted by molar-refractivity contribution is 8.00. The van der Waals surface area contributed by atoms with Gasteiger partial charge in [0.2, 0.25) is 0 Å². The largest absolute Gasteiger partial charge is 0.306 e. The first-order chi connectivity index (χ1) is 13.6. The summed E-state index contributed by atoms with van der Waals surface area (Å²) in [7, 11) is 0. The summed E-state index contributed by atoms with van der Waals surface area (Å²) in [6.45, 7) is 7.02. The minimum atomic E-state index is -0.343. The number of Topliss-reactive ketones (excluding diaryl/α,β-unsaturated/α-hetero) is 1. The van der Waals surface area contributed by atoms with Crippen molar-refractivity contribution in [2.75, 3.05) is 0 Å². The maximum Gasteiger partial charge on any atom is 0.192 e. The molecule has 1 heterocycles. The SMILES string of the molecule is CCn1c(S[C@@H](C(=O)c2ccc(C)cc2)c2ccc(C)cc2)nnc1C1CC1. The molecule has 1 fully saturated rings. The Morgan fingerprint density at radius 3 is 2.21 bits per heavy atom. The lowest BCUT2D eigenvalue weighted by Gasteiger charge is -2.17. The average Bonchev–Trinajstić information content (AvgIpc) is 3.47. The molecule has 3 aromatic rings. The Labute approximate surface area is 170 Å². The van der Waals surface area contributed by atoms with Crippen molar-refractivity contribution in [2.24, 2.45) is 0 Å². The van der Waals surface area contributed by atoms with Crippen LogP contribution in [0, 0.1) is 13.8 Å². The average molecular weight is 392 g/mol. The number of nitrogens with zero attached hydrogens (tertiary/aromatic N) is 3. The first kappa shape index (κ1) is 18.9. The Balaban J connectivity index is 1.70. The van der Waals surface area contributed by atoms with Crippen molar-refractivity contribution in [3.63, 3.8) is 0 Å². The van der Waals surface area contributed by atoms with Gasteiger partial charge in [0.25, 0.3) is 0 Å². The molecule has 1 aliphatic carbocycles. The minimum absolute atomic E-state index is 0.104. The molecule has 1 aliphatic rings. The summed E-state index contributed by atoms with van der Waals surface area (Å²) in [6, 6.07) is 16.0. The molecule has 144 valence electrons. The zero-order valence-electron chi connectivity index (χ0n) is 16.6. The fourth-order valence-electron chi connectivity index (χ4n) is 3.32. The zero-order chi connectivity index (χ0) is 19.7. The van der Waals surface area contributed by atoms with Crippen molar-refractivity contribution in [3.05, 3.63) is 76.6 Å². The van der Waals surface area contributed by atoms with Crippen molar-refractivity contribution in [3.8, 4) is 0 Å². The normalized spacial score (nSPS) is 14.8. The number of aryl methyl sites for hydroxylation is 2. The van der Waals surface area contributed by atoms with Crippen LogP contribution in [-0.2, 0) is 6.54 Å². The van der Waals surface area contributed by atoms with Crippen molar-refractivity contribution in [2.45, 2.75) is 56.5 Å². The van der Waals surface area contributed by atoms with E-state index in [0.29, 0.717) is 5.92 Å². The molecule has 1 saturated carbocycles. The van der Waals surface area contributed by atoms with Crippen LogP contribution in [0.25, 0.3) is 0 Å². The van der Waals surface area contributed by atoms with E-state index in [2.05, 4.69) is 40.7 Å². The van der Waals surface area contributed by atoms with Gasteiger partial charge in [0.05, 0.1) is 0 Å². The lowest BCUT2D eigenvalue weighted by Crippen LogP contribution is -2.12. The van der Waals surface area contributed by atoms with Crippen LogP contribution in [0.2, 0.25) is 0 Å². The number of hydrogen-bond acceptors (Lipinski definition) is 4. The fourth-order valence-corrected chi connectivity index (χ4v) is 4.50. The predicted octanol–water partition coefficient (Wildman–Crippen LogP) is 5.51. The minimum Gasteiger partial charge on any atom is -0.306 e. The zero-order valence-corrected chi connectivity index (χ0v) is 17.4. The standard InChI is InChI=1S/C23H25N3OS/c1-4-26-22(19-13-14-19)24-25-23(26)28-21(18-11-7-16(3)8-12-18)20(27)17-9-5-15(2)6-10-17/h5-12,19,21H,4,13-14H2,1-3H3/t21-/m1/s1. The van der Waals surface area contributed by atoms with E-state index >= 15 is 0 Å². The molecule has 5 heteroatoms. The molecule has 0 spiro atoms. The van der Waals surface area contributed by atoms with Crippen LogP contribution in [0.15, 0.2) is 53.7 Å². The molecule has 0 N–H and O–H groups in total. The van der Waals surface area contributed by atoms with E-state index in [9.17, 15) is 4.79 Å². The first-order valence-electron chi connectivity index (χ1n) is 9.84. The topological polar surface area (TPSA) is 47.8 Å². The Morgan fingerprint density at radius 1 is 1.04 bits per heavy atom. The Kier molecular flexibility index (Phi) is 5.36. The summed E-state index contributed by atoms with van der Waals surface area (Å²) < 4.78 is 2.17. The predicted molar refractivity (Wildman–Crippen MR) is 113 cm³/mol. The van der Waals surface area contributed by atoms with E-state index in [4.69, 9.17) is 0 Å². The van der Waals surface area contributed by atoms with Crippen LogP contribution in [0.5, 0.6) is 0 Å². The van der Waals surface area contributed by atoms with Gasteiger partial charge in [0.15, 0.2) is 10.9 Å². The number of ketones is 1. The summed E-state index contributed by atoms with van der Waals surface area (Å²) in [4.78, 5) is 13.4. The van der Waals surface area contributed by atoms with E-state index in [-0.39, 0.29) is 11.0 Å². The molecule has 0 saturated heterocycles. The maximum absolute atomic E-state index is 13.4. The molecule has 1 atom stereocenters. The highest BCUT2D eigenvalue weighted by Gasteiger charge is 2.32. The van der Waals surface area contributed by atoms with Gasteiger partial charge < -0.3 is 4.57 Å². The second-order valence-electron chi connectivity index (χ2n) is 7.50. The molecule has 0 unspecified atom stereocenters. The summed E-state index contributed by atoms with van der Waals surface area (Å²) in [5.41, 5.74) is 4.06. The molecular weight excluding hydrogens is 366 g/mol. The van der Waals surface area contributed by atoms with Crippen LogP contribution in [0.4, 0.5) is 0 Å². The molecule has 0 bridgehead atoms. The second-order valence-corrected chi connectivity index (χ2v) is 8.57. The van der Waals surface area contributed by atoms with E-state index in [1.165, 1.54) is 30.2 Å². The third kappa shape index (κ3) is 3.90. The third-order valence-corrected chi connectivity index (χ3v) is 6.42. The third-order valence-electron chi connectivity index (χ3n) is 5.18. The van der Waals surface area contributed by atoms with Gasteiger partial charge in [-0.1, -0.05) is 71.4 Å². The molecule has 4 rings (SSSR count). The molecular formula is C23H25N3OS. The molecule has 28 heavy (non-hydrogen) atoms. The number of carbonyl (C=O) groups excluding carboxylic acids is 1. The number of rotatable bonds is 7. The van der Waals surface area contributed by atoms with Gasteiger partial charge in [0.1, 0.15) is 11.1 Å². The molecule has 1 aromatic heterocycles. The summed E-state index contributed by atoms with van der Waals surface area (Å²) in [5.74, 6) is 1.70. The van der Waals surface area contributed by atoms with Gasteiger partial charge in [-0.25, -0.2) is 0 Å². The monoisotopic (exact) mass is 391 g/mol. The van der Waals surface area contributed by atoms with Gasteiger partial charge in [-0.3, -0.25) is 4.79 Å². The lowest BCUT2D eigenvalue weighted by atomic mass is 10.0. The summed E-state index contributed by atoms with van der Waals surface area (Å²) in [6.07, 6.45) is 2.37. The second kappa shape index (κ2) is 7.92. The quantitative estimate of drug-likeness (QED) is 0.394. The van der Waals surface area contributed by atoms with Crippen molar-refractivity contribution in [1.29, 1.82) is 0 Å². The highest BCUT2D eigenvalue weighted by Crippen LogP contribution is 2.42. The molecule has 4 nitrogen and oxygen atoms in total. The number of thioether (sulfide) groups is 1. The molecule has 0 amide bonds.